The standard InChI is InChI=1S/C27H30F3N5O4/c1-38-22-7-6-18(28)10-20(22)26(37)32-11-16-2-4-17(5-3-16)24-21(13-36)25(31)35(33-24)23-12-34(19-14-39-15-19)9-8-27(23,29)30/h2-7,13,19-20,23H,8-12,14-15,31H2,1H3,(H,32,37). The molecule has 1 aromatic carbocycles. The first-order valence-electron chi connectivity index (χ1n) is 12.7. The monoisotopic (exact) mass is 545 g/mol. The zero-order valence-corrected chi connectivity index (χ0v) is 21.4. The van der Waals surface area contributed by atoms with Crippen LogP contribution in [-0.4, -0.2) is 72.3 Å². The quantitative estimate of drug-likeness (QED) is 0.490. The van der Waals surface area contributed by atoms with Crippen LogP contribution in [0.4, 0.5) is 19.0 Å². The molecule has 1 amide bonds. The number of methoxy groups -OCH3 is 1. The van der Waals surface area contributed by atoms with E-state index in [4.69, 9.17) is 15.2 Å². The van der Waals surface area contributed by atoms with Gasteiger partial charge in [0.25, 0.3) is 5.92 Å². The van der Waals surface area contributed by atoms with E-state index in [1.165, 1.54) is 19.3 Å². The number of carbonyl (C=O) groups excluding carboxylic acids is 2. The summed E-state index contributed by atoms with van der Waals surface area (Å²) in [5.74, 6) is -4.31. The molecule has 2 unspecified atom stereocenters. The molecule has 2 aliphatic heterocycles. The summed E-state index contributed by atoms with van der Waals surface area (Å²) in [6.45, 7) is 1.47. The van der Waals surface area contributed by atoms with Gasteiger partial charge >= 0.3 is 0 Å². The fourth-order valence-corrected chi connectivity index (χ4v) is 5.13. The minimum Gasteiger partial charge on any atom is -0.500 e. The molecule has 12 heteroatoms. The number of nitrogens with one attached hydrogen (secondary N) is 1. The van der Waals surface area contributed by atoms with Gasteiger partial charge in [0.1, 0.15) is 35.1 Å². The van der Waals surface area contributed by atoms with E-state index in [9.17, 15) is 14.0 Å². The molecule has 39 heavy (non-hydrogen) atoms. The molecule has 2 atom stereocenters. The second-order valence-electron chi connectivity index (χ2n) is 9.98. The Bertz CT molecular complexity index is 1300. The van der Waals surface area contributed by atoms with Gasteiger partial charge in [0, 0.05) is 38.0 Å². The zero-order valence-electron chi connectivity index (χ0n) is 21.4. The van der Waals surface area contributed by atoms with Crippen molar-refractivity contribution in [3.05, 3.63) is 59.1 Å². The van der Waals surface area contributed by atoms with Gasteiger partial charge in [-0.1, -0.05) is 24.3 Å². The molecule has 0 saturated carbocycles. The van der Waals surface area contributed by atoms with Gasteiger partial charge in [-0.25, -0.2) is 17.9 Å². The van der Waals surface area contributed by atoms with Crippen LogP contribution in [0.1, 0.15) is 34.8 Å². The van der Waals surface area contributed by atoms with E-state index in [1.807, 2.05) is 4.90 Å². The number of hydrogen-bond acceptors (Lipinski definition) is 7. The number of nitrogens with zero attached hydrogens (tertiary/aromatic N) is 3. The fourth-order valence-electron chi connectivity index (χ4n) is 5.13. The summed E-state index contributed by atoms with van der Waals surface area (Å²) in [6, 6.07) is 5.58. The molecule has 1 aliphatic carbocycles. The third kappa shape index (κ3) is 5.30. The zero-order chi connectivity index (χ0) is 27.7. The third-order valence-electron chi connectivity index (χ3n) is 7.58. The predicted molar refractivity (Wildman–Crippen MR) is 136 cm³/mol. The van der Waals surface area contributed by atoms with Crippen molar-refractivity contribution in [1.29, 1.82) is 0 Å². The molecule has 208 valence electrons. The first kappa shape index (κ1) is 26.9. The molecule has 1 aromatic heterocycles. The van der Waals surface area contributed by atoms with E-state index in [0.29, 0.717) is 30.8 Å². The molecule has 3 N–H and O–H groups in total. The number of halogens is 3. The van der Waals surface area contributed by atoms with Crippen molar-refractivity contribution in [2.75, 3.05) is 39.1 Å². The maximum Gasteiger partial charge on any atom is 0.272 e. The smallest absolute Gasteiger partial charge is 0.272 e. The molecule has 5 rings (SSSR count). The van der Waals surface area contributed by atoms with Crippen LogP contribution >= 0.6 is 0 Å². The van der Waals surface area contributed by atoms with Crippen LogP contribution in [0.25, 0.3) is 11.3 Å². The van der Waals surface area contributed by atoms with Crippen LogP contribution in [0.15, 0.2) is 48.0 Å². The van der Waals surface area contributed by atoms with E-state index in [0.717, 1.165) is 10.2 Å². The summed E-state index contributed by atoms with van der Waals surface area (Å²) < 4.78 is 55.2. The largest absolute Gasteiger partial charge is 0.500 e. The van der Waals surface area contributed by atoms with Crippen LogP contribution in [0, 0.1) is 5.92 Å². The van der Waals surface area contributed by atoms with Gasteiger partial charge in [-0.05, 0) is 17.7 Å². The fraction of sp³-hybridized carbons (Fsp3) is 0.444. The van der Waals surface area contributed by atoms with E-state index in [-0.39, 0.29) is 61.5 Å². The lowest BCUT2D eigenvalue weighted by Crippen LogP contribution is -2.57. The van der Waals surface area contributed by atoms with Crippen molar-refractivity contribution < 1.29 is 32.2 Å². The molecule has 9 nitrogen and oxygen atoms in total. The lowest BCUT2D eigenvalue weighted by atomic mass is 9.96. The summed E-state index contributed by atoms with van der Waals surface area (Å²) >= 11 is 0. The number of alkyl halides is 2. The second-order valence-corrected chi connectivity index (χ2v) is 9.98. The van der Waals surface area contributed by atoms with Crippen LogP contribution in [0.3, 0.4) is 0 Å². The molecule has 2 aromatic rings. The molecule has 3 heterocycles. The van der Waals surface area contributed by atoms with Gasteiger partial charge in [-0.3, -0.25) is 14.5 Å². The number of ether oxygens (including phenoxy) is 2. The van der Waals surface area contributed by atoms with Crippen LogP contribution in [-0.2, 0) is 20.8 Å². The number of nitrogens with two attached hydrogens (primary N) is 1. The minimum absolute atomic E-state index is 0.0437. The average molecular weight is 546 g/mol. The number of amides is 1. The molecular formula is C27H30F3N5O4. The van der Waals surface area contributed by atoms with Gasteiger partial charge in [-0.15, -0.1) is 0 Å². The Morgan fingerprint density at radius 3 is 2.67 bits per heavy atom. The highest BCUT2D eigenvalue weighted by Gasteiger charge is 2.48. The van der Waals surface area contributed by atoms with Gasteiger partial charge in [0.2, 0.25) is 5.91 Å². The van der Waals surface area contributed by atoms with Gasteiger partial charge in [0.05, 0.1) is 31.9 Å². The Hall–Kier alpha value is -3.64. The Morgan fingerprint density at radius 2 is 2.03 bits per heavy atom. The van der Waals surface area contributed by atoms with Gasteiger partial charge in [0.15, 0.2) is 6.29 Å². The third-order valence-corrected chi connectivity index (χ3v) is 7.58. The lowest BCUT2D eigenvalue weighted by molar-refractivity contribution is -0.139. The lowest BCUT2D eigenvalue weighted by Gasteiger charge is -2.44. The Balaban J connectivity index is 1.31. The number of nitrogen functional groups attached to an aromatic ring is 1. The number of anilines is 1. The highest BCUT2D eigenvalue weighted by molar-refractivity contribution is 5.91. The Morgan fingerprint density at radius 1 is 1.28 bits per heavy atom. The SMILES string of the molecule is COC1=CC=C(F)CC1C(=O)NCc1ccc(-c2nn(C3CN(C4COC4)CCC3(F)F)c(N)c2C=O)cc1. The van der Waals surface area contributed by atoms with E-state index < -0.39 is 23.7 Å². The number of aldehydes is 1. The van der Waals surface area contributed by atoms with Crippen molar-refractivity contribution in [2.24, 2.45) is 5.92 Å². The summed E-state index contributed by atoms with van der Waals surface area (Å²) in [4.78, 5) is 26.5. The maximum absolute atomic E-state index is 15.0. The molecule has 2 saturated heterocycles. The molecule has 2 fully saturated rings. The van der Waals surface area contributed by atoms with Crippen LogP contribution in [0.5, 0.6) is 0 Å². The number of allylic oxidation sites excluding steroid dienone is 3. The Labute approximate surface area is 223 Å². The van der Waals surface area contributed by atoms with Crippen LogP contribution in [0.2, 0.25) is 0 Å². The maximum atomic E-state index is 15.0. The number of hydrogen-bond donors (Lipinski definition) is 2. The van der Waals surface area contributed by atoms with Crippen molar-refractivity contribution in [3.8, 4) is 11.3 Å². The van der Waals surface area contributed by atoms with Crippen molar-refractivity contribution in [2.45, 2.75) is 37.4 Å². The molecule has 3 aliphatic rings. The molecule has 0 bridgehead atoms. The summed E-state index contributed by atoms with van der Waals surface area (Å²) in [6.07, 6.45) is 2.83. The molecule has 0 radical (unpaired) electrons. The number of carbonyl (C=O) groups is 2. The number of aromatic nitrogens is 2. The normalized spacial score (nSPS) is 23.4. The van der Waals surface area contributed by atoms with Crippen molar-refractivity contribution in [1.82, 2.24) is 20.0 Å². The minimum atomic E-state index is -3.05. The van der Waals surface area contributed by atoms with E-state index in [2.05, 4.69) is 10.4 Å². The highest BCUT2D eigenvalue weighted by atomic mass is 19.3. The average Bonchev–Trinajstić information content (AvgIpc) is 3.23. The first-order chi connectivity index (χ1) is 18.7. The van der Waals surface area contributed by atoms with Crippen molar-refractivity contribution >= 4 is 18.0 Å². The summed E-state index contributed by atoms with van der Waals surface area (Å²) in [7, 11) is 1.43. The molecule has 0 spiro atoms. The predicted octanol–water partition coefficient (Wildman–Crippen LogP) is 3.25. The van der Waals surface area contributed by atoms with Crippen molar-refractivity contribution in [3.63, 3.8) is 0 Å². The Kier molecular flexibility index (Phi) is 7.50. The van der Waals surface area contributed by atoms with E-state index in [1.54, 1.807) is 24.3 Å². The van der Waals surface area contributed by atoms with Gasteiger partial charge in [-0.2, -0.15) is 5.10 Å². The van der Waals surface area contributed by atoms with Crippen LogP contribution < -0.4 is 11.1 Å². The summed E-state index contributed by atoms with van der Waals surface area (Å²) in [5, 5.41) is 7.17. The number of piperidine rings is 1. The van der Waals surface area contributed by atoms with Gasteiger partial charge < -0.3 is 20.5 Å². The second kappa shape index (κ2) is 10.9. The topological polar surface area (TPSA) is 112 Å². The number of benzene rings is 1. The summed E-state index contributed by atoms with van der Waals surface area (Å²) in [5.41, 5.74) is 7.69. The van der Waals surface area contributed by atoms with E-state index >= 15 is 8.78 Å². The number of likely N-dealkylation sites (tertiary alicyclic amines) is 1. The first-order valence-corrected chi connectivity index (χ1v) is 12.7. The highest BCUT2D eigenvalue weighted by Crippen LogP contribution is 2.41. The number of rotatable bonds is 8. The molecular weight excluding hydrogens is 515 g/mol.